The normalized spacial score (nSPS) is 13.6. The van der Waals surface area contributed by atoms with Crippen molar-refractivity contribution in [3.05, 3.63) is 54.6 Å². The number of nitrogens with one attached hydrogen (secondary N) is 4. The topological polar surface area (TPSA) is 116 Å². The van der Waals surface area contributed by atoms with Crippen LogP contribution in [0.25, 0.3) is 0 Å². The molecule has 4 N–H and O–H groups in total. The third-order valence-corrected chi connectivity index (χ3v) is 5.29. The van der Waals surface area contributed by atoms with Crippen LogP contribution in [-0.2, 0) is 14.8 Å². The van der Waals surface area contributed by atoms with Gasteiger partial charge in [0, 0.05) is 17.4 Å². The molecule has 0 bridgehead atoms. The lowest BCUT2D eigenvalue weighted by Crippen LogP contribution is -2.35. The lowest BCUT2D eigenvalue weighted by Gasteiger charge is -2.10. The summed E-state index contributed by atoms with van der Waals surface area (Å²) < 4.78 is 27.0. The van der Waals surface area contributed by atoms with E-state index < -0.39 is 22.0 Å². The molecule has 1 fully saturated rings. The zero-order chi connectivity index (χ0) is 19.3. The van der Waals surface area contributed by atoms with Crippen LogP contribution in [-0.4, -0.2) is 32.9 Å². The van der Waals surface area contributed by atoms with E-state index >= 15 is 0 Å². The Hall–Kier alpha value is -2.91. The molecular formula is C18H20N4O4S. The van der Waals surface area contributed by atoms with Crippen LogP contribution in [0.15, 0.2) is 59.5 Å². The number of urea groups is 1. The van der Waals surface area contributed by atoms with Crippen LogP contribution in [0.3, 0.4) is 0 Å². The van der Waals surface area contributed by atoms with Gasteiger partial charge in [-0.15, -0.1) is 0 Å². The van der Waals surface area contributed by atoms with Crippen LogP contribution in [0.5, 0.6) is 0 Å². The average molecular weight is 388 g/mol. The molecule has 0 aromatic heterocycles. The molecule has 0 radical (unpaired) electrons. The number of amides is 3. The molecule has 0 unspecified atom stereocenters. The van der Waals surface area contributed by atoms with E-state index in [-0.39, 0.29) is 17.5 Å². The van der Waals surface area contributed by atoms with Gasteiger partial charge in [-0.25, -0.2) is 17.9 Å². The number of anilines is 2. The van der Waals surface area contributed by atoms with Gasteiger partial charge in [-0.3, -0.25) is 4.79 Å². The molecule has 9 heteroatoms. The molecular weight excluding hydrogens is 368 g/mol. The standard InChI is InChI=1S/C18H20N4O4S/c23-17(12-19-18(24)21-13-5-2-1-3-6-13)20-15-7-4-8-16(11-15)27(25,26)22-14-9-10-14/h1-8,11,14,22H,9-10,12H2,(H,20,23)(H2,19,21,24). The number of sulfonamides is 1. The van der Waals surface area contributed by atoms with Gasteiger partial charge in [-0.1, -0.05) is 24.3 Å². The highest BCUT2D eigenvalue weighted by Crippen LogP contribution is 2.23. The summed E-state index contributed by atoms with van der Waals surface area (Å²) in [5.41, 5.74) is 0.945. The van der Waals surface area contributed by atoms with Gasteiger partial charge < -0.3 is 16.0 Å². The number of rotatable bonds is 7. The summed E-state index contributed by atoms with van der Waals surface area (Å²) in [4.78, 5) is 23.9. The van der Waals surface area contributed by atoms with Gasteiger partial charge in [-0.2, -0.15) is 0 Å². The lowest BCUT2D eigenvalue weighted by atomic mass is 10.3. The third-order valence-electron chi connectivity index (χ3n) is 3.77. The molecule has 0 heterocycles. The van der Waals surface area contributed by atoms with Crippen molar-refractivity contribution in [2.24, 2.45) is 0 Å². The Balaban J connectivity index is 1.51. The van der Waals surface area contributed by atoms with Crippen molar-refractivity contribution in [2.45, 2.75) is 23.8 Å². The maximum absolute atomic E-state index is 12.2. The number of carbonyl (C=O) groups is 2. The van der Waals surface area contributed by atoms with Crippen molar-refractivity contribution in [3.63, 3.8) is 0 Å². The Morgan fingerprint density at radius 3 is 2.33 bits per heavy atom. The maximum atomic E-state index is 12.2. The van der Waals surface area contributed by atoms with E-state index in [1.54, 1.807) is 36.4 Å². The Labute approximate surface area is 157 Å². The summed E-state index contributed by atoms with van der Waals surface area (Å²) in [7, 11) is -3.60. The number of carbonyl (C=O) groups excluding carboxylic acids is 2. The first-order valence-electron chi connectivity index (χ1n) is 8.44. The van der Waals surface area contributed by atoms with Crippen LogP contribution in [0.1, 0.15) is 12.8 Å². The van der Waals surface area contributed by atoms with Gasteiger partial charge in [0.1, 0.15) is 0 Å². The Morgan fingerprint density at radius 2 is 1.63 bits per heavy atom. The summed E-state index contributed by atoms with van der Waals surface area (Å²) in [6, 6.07) is 14.3. The van der Waals surface area contributed by atoms with Crippen molar-refractivity contribution in [3.8, 4) is 0 Å². The van der Waals surface area contributed by atoms with E-state index in [1.807, 2.05) is 6.07 Å². The van der Waals surface area contributed by atoms with Crippen molar-refractivity contribution in [2.75, 3.05) is 17.2 Å². The van der Waals surface area contributed by atoms with Gasteiger partial charge in [-0.05, 0) is 43.2 Å². The lowest BCUT2D eigenvalue weighted by molar-refractivity contribution is -0.115. The molecule has 3 amide bonds. The van der Waals surface area contributed by atoms with Gasteiger partial charge in [0.05, 0.1) is 11.4 Å². The second-order valence-corrected chi connectivity index (χ2v) is 7.86. The molecule has 1 aliphatic rings. The number of hydrogen-bond acceptors (Lipinski definition) is 4. The van der Waals surface area contributed by atoms with Crippen LogP contribution >= 0.6 is 0 Å². The summed E-state index contributed by atoms with van der Waals surface area (Å²) in [6.07, 6.45) is 1.68. The van der Waals surface area contributed by atoms with E-state index in [1.165, 1.54) is 12.1 Å². The van der Waals surface area contributed by atoms with Crippen molar-refractivity contribution in [1.29, 1.82) is 0 Å². The first-order valence-corrected chi connectivity index (χ1v) is 9.93. The van der Waals surface area contributed by atoms with Gasteiger partial charge >= 0.3 is 6.03 Å². The second kappa shape index (κ2) is 8.19. The summed E-state index contributed by atoms with van der Waals surface area (Å²) in [5.74, 6) is -0.470. The molecule has 2 aromatic rings. The first kappa shape index (κ1) is 18.9. The summed E-state index contributed by atoms with van der Waals surface area (Å²) in [5, 5.41) is 7.60. The van der Waals surface area contributed by atoms with E-state index in [9.17, 15) is 18.0 Å². The maximum Gasteiger partial charge on any atom is 0.319 e. The Kier molecular flexibility index (Phi) is 5.72. The second-order valence-electron chi connectivity index (χ2n) is 6.15. The molecule has 8 nitrogen and oxygen atoms in total. The van der Waals surface area contributed by atoms with Crippen molar-refractivity contribution < 1.29 is 18.0 Å². The predicted octanol–water partition coefficient (Wildman–Crippen LogP) is 1.89. The largest absolute Gasteiger partial charge is 0.329 e. The summed E-state index contributed by atoms with van der Waals surface area (Å²) in [6.45, 7) is -0.254. The van der Waals surface area contributed by atoms with Crippen molar-refractivity contribution >= 4 is 33.3 Å². The zero-order valence-electron chi connectivity index (χ0n) is 14.4. The monoisotopic (exact) mass is 388 g/mol. The fourth-order valence-corrected chi connectivity index (χ4v) is 3.64. The smallest absolute Gasteiger partial charge is 0.319 e. The number of benzene rings is 2. The Bertz CT molecular complexity index is 927. The van der Waals surface area contributed by atoms with Gasteiger partial charge in [0.15, 0.2) is 0 Å². The zero-order valence-corrected chi connectivity index (χ0v) is 15.3. The minimum atomic E-state index is -3.60. The van der Waals surface area contributed by atoms with E-state index in [0.717, 1.165) is 12.8 Å². The van der Waals surface area contributed by atoms with Crippen LogP contribution < -0.4 is 20.7 Å². The molecule has 0 saturated heterocycles. The summed E-state index contributed by atoms with van der Waals surface area (Å²) >= 11 is 0. The van der Waals surface area contributed by atoms with Gasteiger partial charge in [0.2, 0.25) is 15.9 Å². The fraction of sp³-hybridized carbons (Fsp3) is 0.222. The fourth-order valence-electron chi connectivity index (χ4n) is 2.29. The average Bonchev–Trinajstić information content (AvgIpc) is 3.44. The molecule has 0 atom stereocenters. The van der Waals surface area contributed by atoms with Crippen LogP contribution in [0.2, 0.25) is 0 Å². The van der Waals surface area contributed by atoms with Gasteiger partial charge in [0.25, 0.3) is 0 Å². The van der Waals surface area contributed by atoms with E-state index in [4.69, 9.17) is 0 Å². The Morgan fingerprint density at radius 1 is 0.926 bits per heavy atom. The van der Waals surface area contributed by atoms with E-state index in [0.29, 0.717) is 11.4 Å². The van der Waals surface area contributed by atoms with Crippen molar-refractivity contribution in [1.82, 2.24) is 10.0 Å². The number of para-hydroxylation sites is 1. The molecule has 0 spiro atoms. The highest BCUT2D eigenvalue weighted by atomic mass is 32.2. The highest BCUT2D eigenvalue weighted by molar-refractivity contribution is 7.89. The quantitative estimate of drug-likeness (QED) is 0.579. The number of hydrogen-bond donors (Lipinski definition) is 4. The molecule has 0 aliphatic heterocycles. The van der Waals surface area contributed by atoms with Crippen LogP contribution in [0, 0.1) is 0 Å². The minimum absolute atomic E-state index is 0.000532. The molecule has 2 aromatic carbocycles. The first-order chi connectivity index (χ1) is 12.9. The molecule has 3 rings (SSSR count). The third kappa shape index (κ3) is 5.80. The minimum Gasteiger partial charge on any atom is -0.329 e. The predicted molar refractivity (Wildman–Crippen MR) is 102 cm³/mol. The van der Waals surface area contributed by atoms with Crippen LogP contribution in [0.4, 0.5) is 16.2 Å². The van der Waals surface area contributed by atoms with E-state index in [2.05, 4.69) is 20.7 Å². The molecule has 27 heavy (non-hydrogen) atoms. The highest BCUT2D eigenvalue weighted by Gasteiger charge is 2.28. The SMILES string of the molecule is O=C(CNC(=O)Nc1ccccc1)Nc1cccc(S(=O)(=O)NC2CC2)c1. The molecule has 142 valence electrons. The molecule has 1 aliphatic carbocycles. The molecule has 1 saturated carbocycles.